The number of benzene rings is 1. The number of halogens is 2. The number of nitrogens with two attached hydrogens (primary N) is 1. The van der Waals surface area contributed by atoms with Crippen LogP contribution in [0.2, 0.25) is 0 Å². The molecule has 18 heavy (non-hydrogen) atoms. The number of ketones is 1. The molecule has 1 aromatic carbocycles. The van der Waals surface area contributed by atoms with Crippen LogP contribution in [0.25, 0.3) is 0 Å². The Morgan fingerprint density at radius 3 is 2.39 bits per heavy atom. The highest BCUT2D eigenvalue weighted by Gasteiger charge is 2.52. The van der Waals surface area contributed by atoms with Gasteiger partial charge in [-0.25, -0.2) is 13.6 Å². The largest absolute Gasteiger partial charge is 0.496 e. The van der Waals surface area contributed by atoms with Crippen LogP contribution < -0.4 is 10.5 Å². The summed E-state index contributed by atoms with van der Waals surface area (Å²) in [4.78, 5) is 22.7. The maximum absolute atomic E-state index is 12.7. The molecule has 0 aliphatic heterocycles. The van der Waals surface area contributed by atoms with Crippen molar-refractivity contribution in [3.05, 3.63) is 29.8 Å². The molecule has 3 N–H and O–H groups in total. The SMILES string of the molecule is COc1ccccc1C(=O)C(N)(C(=O)O)C(F)F. The van der Waals surface area contributed by atoms with Crippen LogP contribution in [-0.2, 0) is 4.79 Å². The molecule has 0 radical (unpaired) electrons. The molecule has 0 amide bonds. The molecule has 0 heterocycles. The Bertz CT molecular complexity index is 478. The first-order chi connectivity index (χ1) is 8.35. The van der Waals surface area contributed by atoms with Gasteiger partial charge in [-0.05, 0) is 12.1 Å². The van der Waals surface area contributed by atoms with Crippen molar-refractivity contribution < 1.29 is 28.2 Å². The van der Waals surface area contributed by atoms with Crippen LogP contribution in [-0.4, -0.2) is 35.9 Å². The molecule has 1 rings (SSSR count). The Kier molecular flexibility index (Phi) is 3.97. The average Bonchev–Trinajstić information content (AvgIpc) is 2.36. The van der Waals surface area contributed by atoms with Gasteiger partial charge in [-0.1, -0.05) is 12.1 Å². The topological polar surface area (TPSA) is 89.6 Å². The Morgan fingerprint density at radius 2 is 1.94 bits per heavy atom. The van der Waals surface area contributed by atoms with E-state index in [0.717, 1.165) is 0 Å². The molecule has 7 heteroatoms. The molecule has 0 saturated carbocycles. The van der Waals surface area contributed by atoms with Gasteiger partial charge in [-0.2, -0.15) is 0 Å². The summed E-state index contributed by atoms with van der Waals surface area (Å²) in [5.41, 5.74) is 1.44. The number of para-hydroxylation sites is 1. The second-order valence-electron chi connectivity index (χ2n) is 3.50. The lowest BCUT2D eigenvalue weighted by atomic mass is 9.90. The van der Waals surface area contributed by atoms with Gasteiger partial charge in [0, 0.05) is 0 Å². The number of rotatable bonds is 5. The Labute approximate surface area is 101 Å². The minimum atomic E-state index is -3.53. The number of hydrogen-bond donors (Lipinski definition) is 2. The minimum absolute atomic E-state index is 0.0146. The van der Waals surface area contributed by atoms with Crippen LogP contribution in [0, 0.1) is 0 Å². The third-order valence-electron chi connectivity index (χ3n) is 2.43. The smallest absolute Gasteiger partial charge is 0.337 e. The Morgan fingerprint density at radius 1 is 1.39 bits per heavy atom. The number of alkyl halides is 2. The van der Waals surface area contributed by atoms with Gasteiger partial charge in [0.1, 0.15) is 5.75 Å². The minimum Gasteiger partial charge on any atom is -0.496 e. The maximum atomic E-state index is 12.7. The van der Waals surface area contributed by atoms with Crippen molar-refractivity contribution in [2.45, 2.75) is 12.0 Å². The van der Waals surface area contributed by atoms with Gasteiger partial charge in [-0.15, -0.1) is 0 Å². The predicted molar refractivity (Wildman–Crippen MR) is 57.9 cm³/mol. The summed E-state index contributed by atoms with van der Waals surface area (Å²) < 4.78 is 30.3. The van der Waals surface area contributed by atoms with Crippen molar-refractivity contribution >= 4 is 11.8 Å². The van der Waals surface area contributed by atoms with E-state index in [4.69, 9.17) is 15.6 Å². The van der Waals surface area contributed by atoms with E-state index in [9.17, 15) is 18.4 Å². The number of methoxy groups -OCH3 is 1. The van der Waals surface area contributed by atoms with Crippen LogP contribution in [0.1, 0.15) is 10.4 Å². The summed E-state index contributed by atoms with van der Waals surface area (Å²) in [7, 11) is 1.23. The first-order valence-corrected chi connectivity index (χ1v) is 4.84. The van der Waals surface area contributed by atoms with Crippen molar-refractivity contribution in [2.75, 3.05) is 7.11 Å². The van der Waals surface area contributed by atoms with Crippen molar-refractivity contribution in [1.82, 2.24) is 0 Å². The van der Waals surface area contributed by atoms with Crippen LogP contribution in [0.3, 0.4) is 0 Å². The molecule has 1 atom stereocenters. The quantitative estimate of drug-likeness (QED) is 0.606. The van der Waals surface area contributed by atoms with Gasteiger partial charge in [-0.3, -0.25) is 4.79 Å². The van der Waals surface area contributed by atoms with Gasteiger partial charge >= 0.3 is 5.97 Å². The molecule has 0 spiro atoms. The lowest BCUT2D eigenvalue weighted by Gasteiger charge is -2.22. The number of carbonyl (C=O) groups excluding carboxylic acids is 1. The van der Waals surface area contributed by atoms with Crippen molar-refractivity contribution in [3.63, 3.8) is 0 Å². The molecule has 5 nitrogen and oxygen atoms in total. The molecular formula is C11H11F2NO4. The van der Waals surface area contributed by atoms with Crippen molar-refractivity contribution in [2.24, 2.45) is 5.73 Å². The summed E-state index contributed by atoms with van der Waals surface area (Å²) in [5.74, 6) is -3.50. The van der Waals surface area contributed by atoms with Crippen LogP contribution in [0.5, 0.6) is 5.75 Å². The van der Waals surface area contributed by atoms with Crippen LogP contribution >= 0.6 is 0 Å². The van der Waals surface area contributed by atoms with E-state index in [1.807, 2.05) is 0 Å². The molecular weight excluding hydrogens is 248 g/mol. The monoisotopic (exact) mass is 259 g/mol. The zero-order valence-corrected chi connectivity index (χ0v) is 9.39. The summed E-state index contributed by atoms with van der Waals surface area (Å²) in [6, 6.07) is 5.43. The van der Waals surface area contributed by atoms with E-state index in [1.165, 1.54) is 31.4 Å². The third-order valence-corrected chi connectivity index (χ3v) is 2.43. The number of carbonyl (C=O) groups is 2. The average molecular weight is 259 g/mol. The molecule has 0 aromatic heterocycles. The maximum Gasteiger partial charge on any atom is 0.337 e. The van der Waals surface area contributed by atoms with Gasteiger partial charge in [0.15, 0.2) is 0 Å². The normalized spacial score (nSPS) is 14.1. The predicted octanol–water partition coefficient (Wildman–Crippen LogP) is 0.925. The highest BCUT2D eigenvalue weighted by Crippen LogP contribution is 2.25. The lowest BCUT2D eigenvalue weighted by molar-refractivity contribution is -0.146. The van der Waals surface area contributed by atoms with Crippen LogP contribution in [0.15, 0.2) is 24.3 Å². The molecule has 0 aliphatic carbocycles. The number of carboxylic acids is 1. The van der Waals surface area contributed by atoms with Gasteiger partial charge < -0.3 is 15.6 Å². The van der Waals surface area contributed by atoms with E-state index in [1.54, 1.807) is 0 Å². The van der Waals surface area contributed by atoms with Crippen molar-refractivity contribution in [3.8, 4) is 5.75 Å². The first-order valence-electron chi connectivity index (χ1n) is 4.84. The molecule has 0 fully saturated rings. The number of aliphatic carboxylic acids is 1. The van der Waals surface area contributed by atoms with E-state index in [0.29, 0.717) is 0 Å². The molecule has 0 saturated heterocycles. The highest BCUT2D eigenvalue weighted by molar-refractivity contribution is 6.17. The van der Waals surface area contributed by atoms with E-state index >= 15 is 0 Å². The fraction of sp³-hybridized carbons (Fsp3) is 0.273. The molecule has 98 valence electrons. The highest BCUT2D eigenvalue weighted by atomic mass is 19.3. The fourth-order valence-electron chi connectivity index (χ4n) is 1.34. The summed E-state index contributed by atoms with van der Waals surface area (Å²) >= 11 is 0. The zero-order valence-electron chi connectivity index (χ0n) is 9.39. The molecule has 1 unspecified atom stereocenters. The third kappa shape index (κ3) is 2.17. The zero-order chi connectivity index (χ0) is 13.9. The summed E-state index contributed by atoms with van der Waals surface area (Å²) in [6.45, 7) is 0. The fourth-order valence-corrected chi connectivity index (χ4v) is 1.34. The van der Waals surface area contributed by atoms with Gasteiger partial charge in [0.05, 0.1) is 12.7 Å². The number of Topliss-reactive ketones (excluding diaryl/α,β-unsaturated/α-hetero) is 1. The summed E-state index contributed by atoms with van der Waals surface area (Å²) in [5, 5.41) is 8.73. The molecule has 0 aliphatic rings. The number of carboxylic acid groups (broad SMARTS) is 1. The molecule has 1 aromatic rings. The van der Waals surface area contributed by atoms with Crippen LogP contribution in [0.4, 0.5) is 8.78 Å². The van der Waals surface area contributed by atoms with E-state index < -0.39 is 23.7 Å². The summed E-state index contributed by atoms with van der Waals surface area (Å²) in [6.07, 6.45) is -3.53. The first kappa shape index (κ1) is 14.0. The van der Waals surface area contributed by atoms with E-state index in [-0.39, 0.29) is 11.3 Å². The Balaban J connectivity index is 3.32. The standard InChI is InChI=1S/C11H11F2NO4/c1-18-7-5-3-2-4-6(7)8(15)11(14,9(12)13)10(16)17/h2-5,9H,14H2,1H3,(H,16,17). The number of hydrogen-bond acceptors (Lipinski definition) is 4. The molecule has 0 bridgehead atoms. The van der Waals surface area contributed by atoms with Gasteiger partial charge in [0.25, 0.3) is 6.43 Å². The Hall–Kier alpha value is -2.02. The van der Waals surface area contributed by atoms with Crippen molar-refractivity contribution in [1.29, 1.82) is 0 Å². The number of ether oxygens (including phenoxy) is 1. The second-order valence-corrected chi connectivity index (χ2v) is 3.50. The second kappa shape index (κ2) is 5.09. The van der Waals surface area contributed by atoms with Gasteiger partial charge in [0.2, 0.25) is 11.3 Å². The lowest BCUT2D eigenvalue weighted by Crippen LogP contribution is -2.60. The van der Waals surface area contributed by atoms with E-state index in [2.05, 4.69) is 0 Å².